The van der Waals surface area contributed by atoms with Crippen molar-refractivity contribution in [3.8, 4) is 16.8 Å². The molecule has 0 amide bonds. The minimum Gasteiger partial charge on any atom is -0.301 e. The van der Waals surface area contributed by atoms with E-state index in [1.165, 1.54) is 36.7 Å². The number of aromatic nitrogens is 3. The molecule has 5 nitrogen and oxygen atoms in total. The topological polar surface area (TPSA) is 43.1 Å². The molecule has 1 saturated heterocycles. The van der Waals surface area contributed by atoms with Gasteiger partial charge in [-0.1, -0.05) is 36.4 Å². The summed E-state index contributed by atoms with van der Waals surface area (Å²) in [5.41, 5.74) is 3.90. The molecule has 0 aliphatic carbocycles. The Morgan fingerprint density at radius 3 is 2.38 bits per heavy atom. The molecule has 5 aromatic rings. The normalized spacial score (nSPS) is 14.0. The third-order valence-electron chi connectivity index (χ3n) is 6.73. The first-order valence-electron chi connectivity index (χ1n) is 11.6. The van der Waals surface area contributed by atoms with Crippen molar-refractivity contribution in [3.05, 3.63) is 95.5 Å². The number of rotatable bonds is 5. The number of benzene rings is 3. The number of halogens is 1. The molecular weight excluding hydrogens is 444 g/mol. The van der Waals surface area contributed by atoms with Crippen LogP contribution in [-0.4, -0.2) is 38.9 Å². The van der Waals surface area contributed by atoms with Crippen molar-refractivity contribution in [2.75, 3.05) is 19.6 Å². The van der Waals surface area contributed by atoms with Gasteiger partial charge in [0.25, 0.3) is 5.56 Å². The maximum atomic E-state index is 13.0. The van der Waals surface area contributed by atoms with Gasteiger partial charge in [0.05, 0.1) is 18.3 Å². The van der Waals surface area contributed by atoms with Gasteiger partial charge < -0.3 is 4.90 Å². The molecule has 0 spiro atoms. The van der Waals surface area contributed by atoms with Crippen molar-refractivity contribution < 1.29 is 0 Å². The van der Waals surface area contributed by atoms with E-state index in [-0.39, 0.29) is 18.0 Å². The molecule has 2 aromatic heterocycles. The Kier molecular flexibility index (Phi) is 6.22. The van der Waals surface area contributed by atoms with Crippen LogP contribution in [0.3, 0.4) is 0 Å². The van der Waals surface area contributed by atoms with Gasteiger partial charge in [0.15, 0.2) is 0 Å². The summed E-state index contributed by atoms with van der Waals surface area (Å²) < 4.78 is 3.77. The molecule has 1 fully saturated rings. The third-order valence-corrected chi connectivity index (χ3v) is 6.73. The second kappa shape index (κ2) is 9.45. The van der Waals surface area contributed by atoms with Gasteiger partial charge in [-0.05, 0) is 78.2 Å². The van der Waals surface area contributed by atoms with Crippen LogP contribution in [0.4, 0.5) is 0 Å². The predicted molar refractivity (Wildman–Crippen MR) is 141 cm³/mol. The van der Waals surface area contributed by atoms with Crippen LogP contribution < -0.4 is 5.56 Å². The lowest BCUT2D eigenvalue weighted by Gasteiger charge is -2.14. The van der Waals surface area contributed by atoms with Crippen molar-refractivity contribution in [1.29, 1.82) is 0 Å². The van der Waals surface area contributed by atoms with E-state index >= 15 is 0 Å². The number of fused-ring (bicyclic) bond motifs is 2. The molecule has 34 heavy (non-hydrogen) atoms. The summed E-state index contributed by atoms with van der Waals surface area (Å²) in [5, 5.41) is 8.02. The van der Waals surface area contributed by atoms with Crippen molar-refractivity contribution in [2.24, 2.45) is 0 Å². The Bertz CT molecular complexity index is 1510. The van der Waals surface area contributed by atoms with E-state index in [1.54, 1.807) is 10.6 Å². The van der Waals surface area contributed by atoms with Crippen LogP contribution in [0.2, 0.25) is 0 Å². The Balaban J connectivity index is 0.00000241. The summed E-state index contributed by atoms with van der Waals surface area (Å²) >= 11 is 0. The van der Waals surface area contributed by atoms with Gasteiger partial charge in [0.1, 0.15) is 0 Å². The fourth-order valence-electron chi connectivity index (χ4n) is 4.89. The third kappa shape index (κ3) is 4.25. The lowest BCUT2D eigenvalue weighted by atomic mass is 10.0. The van der Waals surface area contributed by atoms with Gasteiger partial charge in [0.2, 0.25) is 0 Å². The quantitative estimate of drug-likeness (QED) is 0.339. The second-order valence-corrected chi connectivity index (χ2v) is 8.85. The lowest BCUT2D eigenvalue weighted by molar-refractivity contribution is 0.318. The zero-order valence-corrected chi connectivity index (χ0v) is 19.7. The lowest BCUT2D eigenvalue weighted by Crippen LogP contribution is -2.24. The van der Waals surface area contributed by atoms with Gasteiger partial charge in [0, 0.05) is 29.9 Å². The molecule has 172 valence electrons. The van der Waals surface area contributed by atoms with Crippen LogP contribution in [0.5, 0.6) is 0 Å². The Hall–Kier alpha value is -3.41. The van der Waals surface area contributed by atoms with Crippen molar-refractivity contribution in [1.82, 2.24) is 19.2 Å². The minimum atomic E-state index is -0.0403. The average molecular weight is 471 g/mol. The van der Waals surface area contributed by atoms with E-state index in [9.17, 15) is 4.79 Å². The number of hydrogen-bond donors (Lipinski definition) is 0. The van der Waals surface area contributed by atoms with E-state index < -0.39 is 0 Å². The smallest absolute Gasteiger partial charge is 0.255 e. The van der Waals surface area contributed by atoms with Crippen molar-refractivity contribution in [3.63, 3.8) is 0 Å². The summed E-state index contributed by atoms with van der Waals surface area (Å²) in [6.07, 6.45) is 6.37. The fraction of sp³-hybridized carbons (Fsp3) is 0.214. The summed E-state index contributed by atoms with van der Waals surface area (Å²) in [7, 11) is 0. The number of nitrogens with zero attached hydrogens (tertiary/aromatic N) is 4. The van der Waals surface area contributed by atoms with E-state index in [1.807, 2.05) is 42.7 Å². The first kappa shape index (κ1) is 22.4. The van der Waals surface area contributed by atoms with Crippen LogP contribution in [0, 0.1) is 0 Å². The second-order valence-electron chi connectivity index (χ2n) is 8.85. The first-order chi connectivity index (χ1) is 16.2. The molecule has 6 rings (SSSR count). The molecule has 3 aromatic carbocycles. The largest absolute Gasteiger partial charge is 0.301 e. The fourth-order valence-corrected chi connectivity index (χ4v) is 4.89. The Labute approximate surface area is 204 Å². The molecule has 0 atom stereocenters. The molecule has 0 unspecified atom stereocenters. The molecule has 1 aliphatic heterocycles. The van der Waals surface area contributed by atoms with Gasteiger partial charge >= 0.3 is 0 Å². The van der Waals surface area contributed by atoms with Crippen LogP contribution in [-0.2, 0) is 6.54 Å². The molecule has 0 bridgehead atoms. The molecule has 3 heterocycles. The summed E-state index contributed by atoms with van der Waals surface area (Å²) in [5.74, 6) is 0. The maximum Gasteiger partial charge on any atom is 0.255 e. The highest BCUT2D eigenvalue weighted by Crippen LogP contribution is 2.24. The summed E-state index contributed by atoms with van der Waals surface area (Å²) in [4.78, 5) is 15.5. The molecule has 0 N–H and O–H groups in total. The van der Waals surface area contributed by atoms with E-state index in [2.05, 4.69) is 51.1 Å². The molecule has 0 saturated carbocycles. The Morgan fingerprint density at radius 1 is 0.765 bits per heavy atom. The van der Waals surface area contributed by atoms with E-state index in [4.69, 9.17) is 0 Å². The van der Waals surface area contributed by atoms with Gasteiger partial charge in [-0.2, -0.15) is 5.10 Å². The van der Waals surface area contributed by atoms with E-state index in [0.717, 1.165) is 40.8 Å². The monoisotopic (exact) mass is 470 g/mol. The summed E-state index contributed by atoms with van der Waals surface area (Å²) in [6.45, 7) is 4.32. The standard InChI is InChI=1S/C28H26N4O.ClH/c33-28-19-24(23-8-7-21-5-1-2-6-22(21)17-23)11-14-31(28)26-9-10-27-25(18-26)20-29-32(27)16-15-30-12-3-4-13-30;/h1-2,5-11,14,17-20H,3-4,12-13,15-16H2;1H. The highest BCUT2D eigenvalue weighted by atomic mass is 35.5. The van der Waals surface area contributed by atoms with Crippen molar-refractivity contribution >= 4 is 34.1 Å². The van der Waals surface area contributed by atoms with Crippen LogP contribution >= 0.6 is 12.4 Å². The molecule has 6 heteroatoms. The number of likely N-dealkylation sites (tertiary alicyclic amines) is 1. The van der Waals surface area contributed by atoms with Crippen LogP contribution in [0.15, 0.2) is 90.0 Å². The Morgan fingerprint density at radius 2 is 1.56 bits per heavy atom. The highest BCUT2D eigenvalue weighted by Gasteiger charge is 2.12. The van der Waals surface area contributed by atoms with Gasteiger partial charge in [-0.3, -0.25) is 14.0 Å². The van der Waals surface area contributed by atoms with Gasteiger partial charge in [-0.25, -0.2) is 0 Å². The highest BCUT2D eigenvalue weighted by molar-refractivity contribution is 5.87. The molecule has 1 aliphatic rings. The van der Waals surface area contributed by atoms with Gasteiger partial charge in [-0.15, -0.1) is 12.4 Å². The van der Waals surface area contributed by atoms with E-state index in [0.29, 0.717) is 0 Å². The minimum absolute atomic E-state index is 0. The predicted octanol–water partition coefficient (Wildman–Crippen LogP) is 5.53. The zero-order valence-electron chi connectivity index (χ0n) is 18.9. The SMILES string of the molecule is Cl.O=c1cc(-c2ccc3ccccc3c2)ccn1-c1ccc2c(cnn2CCN2CCCC2)c1. The van der Waals surface area contributed by atoms with Crippen LogP contribution in [0.25, 0.3) is 38.5 Å². The molecular formula is C28H27ClN4O. The maximum absolute atomic E-state index is 13.0. The number of pyridine rings is 1. The van der Waals surface area contributed by atoms with Crippen molar-refractivity contribution in [2.45, 2.75) is 19.4 Å². The summed E-state index contributed by atoms with van der Waals surface area (Å²) in [6, 6.07) is 24.4. The molecule has 0 radical (unpaired) electrons. The van der Waals surface area contributed by atoms with Crippen LogP contribution in [0.1, 0.15) is 12.8 Å². The number of hydrogen-bond acceptors (Lipinski definition) is 3. The first-order valence-corrected chi connectivity index (χ1v) is 11.6. The zero-order chi connectivity index (χ0) is 22.2. The average Bonchev–Trinajstić information content (AvgIpc) is 3.52.